The number of nitrogens with one attached hydrogen (secondary N) is 1. The Hall–Kier alpha value is -2.59. The number of anilines is 1. The van der Waals surface area contributed by atoms with E-state index in [0.29, 0.717) is 28.4 Å². The van der Waals surface area contributed by atoms with Gasteiger partial charge in [0.05, 0.1) is 18.1 Å². The van der Waals surface area contributed by atoms with Gasteiger partial charge in [0, 0.05) is 17.5 Å². The van der Waals surface area contributed by atoms with Crippen molar-refractivity contribution in [3.8, 4) is 11.5 Å². The van der Waals surface area contributed by atoms with Crippen molar-refractivity contribution >= 4 is 34.1 Å². The Balaban J connectivity index is 1.69. The molecule has 0 saturated carbocycles. The second-order valence-electron chi connectivity index (χ2n) is 6.93. The van der Waals surface area contributed by atoms with E-state index in [1.54, 1.807) is 7.11 Å². The van der Waals surface area contributed by atoms with Crippen molar-refractivity contribution in [2.45, 2.75) is 57.7 Å². The minimum atomic E-state index is -0.360. The number of thioether (sulfide) groups is 1. The lowest BCUT2D eigenvalue weighted by atomic mass is 10.3. The second kappa shape index (κ2) is 10.1. The maximum Gasteiger partial charge on any atom is 0.239 e. The van der Waals surface area contributed by atoms with Gasteiger partial charge in [-0.2, -0.15) is 0 Å². The molecule has 0 aliphatic heterocycles. The van der Waals surface area contributed by atoms with Crippen LogP contribution in [0.4, 0.5) is 5.13 Å². The average molecular weight is 462 g/mol. The minimum absolute atomic E-state index is 0.119. The molecule has 2 atom stereocenters. The van der Waals surface area contributed by atoms with Crippen LogP contribution in [-0.4, -0.2) is 38.0 Å². The highest BCUT2D eigenvalue weighted by Gasteiger charge is 2.23. The van der Waals surface area contributed by atoms with Gasteiger partial charge in [0.2, 0.25) is 5.91 Å². The van der Waals surface area contributed by atoms with Gasteiger partial charge in [0.15, 0.2) is 22.2 Å². The van der Waals surface area contributed by atoms with Gasteiger partial charge < -0.3 is 19.4 Å². The third-order valence-corrected chi connectivity index (χ3v) is 6.76. The summed E-state index contributed by atoms with van der Waals surface area (Å²) in [7, 11) is 1.62. The maximum atomic E-state index is 12.6. The summed E-state index contributed by atoms with van der Waals surface area (Å²) in [6.07, 6.45) is -0.320. The number of nitrogens with zero attached hydrogens (tertiary/aromatic N) is 4. The van der Waals surface area contributed by atoms with Crippen LogP contribution in [0, 0.1) is 13.8 Å². The molecule has 3 rings (SSSR count). The number of thiazole rings is 1. The molecule has 2 heterocycles. The SMILES string of the molecule is CCn1c(SC(C)C(=O)Nc2nc(C)c(C)s2)nnc1C(C)Oc1cccc(OC)c1. The van der Waals surface area contributed by atoms with Gasteiger partial charge >= 0.3 is 0 Å². The fourth-order valence-corrected chi connectivity index (χ4v) is 4.60. The smallest absolute Gasteiger partial charge is 0.239 e. The number of carbonyl (C=O) groups excluding carboxylic acids is 1. The third kappa shape index (κ3) is 5.56. The zero-order valence-corrected chi connectivity index (χ0v) is 20.1. The zero-order chi connectivity index (χ0) is 22.5. The normalized spacial score (nSPS) is 13.0. The van der Waals surface area contributed by atoms with Crippen molar-refractivity contribution in [1.82, 2.24) is 19.7 Å². The molecule has 0 radical (unpaired) electrons. The van der Waals surface area contributed by atoms with E-state index in [9.17, 15) is 4.79 Å². The molecule has 166 valence electrons. The van der Waals surface area contributed by atoms with E-state index in [1.165, 1.54) is 23.1 Å². The van der Waals surface area contributed by atoms with E-state index in [-0.39, 0.29) is 17.3 Å². The number of aryl methyl sites for hydroxylation is 2. The van der Waals surface area contributed by atoms with Crippen LogP contribution >= 0.6 is 23.1 Å². The number of hydrogen-bond donors (Lipinski definition) is 1. The van der Waals surface area contributed by atoms with Crippen LogP contribution < -0.4 is 14.8 Å². The number of aromatic nitrogens is 4. The van der Waals surface area contributed by atoms with Crippen molar-refractivity contribution in [3.63, 3.8) is 0 Å². The first-order chi connectivity index (χ1) is 14.8. The second-order valence-corrected chi connectivity index (χ2v) is 9.45. The first-order valence-corrected chi connectivity index (χ1v) is 11.7. The molecule has 10 heteroatoms. The summed E-state index contributed by atoms with van der Waals surface area (Å²) in [5.74, 6) is 2.00. The Morgan fingerprint density at radius 1 is 1.26 bits per heavy atom. The summed E-state index contributed by atoms with van der Waals surface area (Å²) in [6.45, 7) is 10.4. The Kier molecular flexibility index (Phi) is 7.55. The molecule has 2 aromatic heterocycles. The number of carbonyl (C=O) groups is 1. The number of methoxy groups -OCH3 is 1. The van der Waals surface area contributed by atoms with E-state index in [1.807, 2.05) is 63.5 Å². The van der Waals surface area contributed by atoms with Gasteiger partial charge in [-0.1, -0.05) is 17.8 Å². The van der Waals surface area contributed by atoms with Gasteiger partial charge in [-0.3, -0.25) is 4.79 Å². The quantitative estimate of drug-likeness (QED) is 0.464. The molecular formula is C21H27N5O3S2. The highest BCUT2D eigenvalue weighted by Crippen LogP contribution is 2.29. The summed E-state index contributed by atoms with van der Waals surface area (Å²) >= 11 is 2.84. The van der Waals surface area contributed by atoms with Crippen molar-refractivity contribution in [2.75, 3.05) is 12.4 Å². The molecule has 2 unspecified atom stereocenters. The molecule has 0 spiro atoms. The third-order valence-electron chi connectivity index (χ3n) is 4.69. The topological polar surface area (TPSA) is 91.2 Å². The van der Waals surface area contributed by atoms with Crippen LogP contribution in [0.5, 0.6) is 11.5 Å². The summed E-state index contributed by atoms with van der Waals surface area (Å²) in [5, 5.41) is 12.5. The number of benzene rings is 1. The van der Waals surface area contributed by atoms with Crippen molar-refractivity contribution in [2.24, 2.45) is 0 Å². The van der Waals surface area contributed by atoms with Gasteiger partial charge in [0.25, 0.3) is 0 Å². The van der Waals surface area contributed by atoms with E-state index < -0.39 is 0 Å². The van der Waals surface area contributed by atoms with Crippen LogP contribution in [0.25, 0.3) is 0 Å². The number of amides is 1. The van der Waals surface area contributed by atoms with Gasteiger partial charge in [-0.05, 0) is 46.8 Å². The van der Waals surface area contributed by atoms with Crippen molar-refractivity contribution < 1.29 is 14.3 Å². The zero-order valence-electron chi connectivity index (χ0n) is 18.5. The fourth-order valence-electron chi connectivity index (χ4n) is 2.86. The molecule has 0 saturated heterocycles. The molecule has 0 aliphatic carbocycles. The van der Waals surface area contributed by atoms with Crippen molar-refractivity contribution in [1.29, 1.82) is 0 Å². The molecule has 1 aromatic carbocycles. The van der Waals surface area contributed by atoms with Crippen LogP contribution in [0.3, 0.4) is 0 Å². The van der Waals surface area contributed by atoms with E-state index in [2.05, 4.69) is 20.5 Å². The Morgan fingerprint density at radius 3 is 2.65 bits per heavy atom. The monoisotopic (exact) mass is 461 g/mol. The standard InChI is InChI=1S/C21H27N5O3S2/c1-7-26-18(13(3)29-17-10-8-9-16(11-17)28-6)24-25-21(26)31-15(5)19(27)23-20-22-12(2)14(4)30-20/h8-11,13,15H,7H2,1-6H3,(H,22,23,27). The molecular weight excluding hydrogens is 434 g/mol. The number of hydrogen-bond acceptors (Lipinski definition) is 8. The molecule has 0 bridgehead atoms. The number of ether oxygens (including phenoxy) is 2. The minimum Gasteiger partial charge on any atom is -0.497 e. The Bertz CT molecular complexity index is 1030. The largest absolute Gasteiger partial charge is 0.497 e. The predicted octanol–water partition coefficient (Wildman–Crippen LogP) is 4.64. The van der Waals surface area contributed by atoms with Crippen LogP contribution in [0.2, 0.25) is 0 Å². The first-order valence-electron chi connectivity index (χ1n) is 9.97. The summed E-state index contributed by atoms with van der Waals surface area (Å²) in [5.41, 5.74) is 0.931. The number of rotatable bonds is 9. The Morgan fingerprint density at radius 2 is 2.00 bits per heavy atom. The van der Waals surface area contributed by atoms with Crippen molar-refractivity contribution in [3.05, 3.63) is 40.7 Å². The Labute approximate surface area is 190 Å². The lowest BCUT2D eigenvalue weighted by Crippen LogP contribution is -2.23. The summed E-state index contributed by atoms with van der Waals surface area (Å²) in [4.78, 5) is 18.1. The first kappa shape index (κ1) is 23.1. The molecule has 0 aliphatic rings. The van der Waals surface area contributed by atoms with E-state index in [0.717, 1.165) is 16.3 Å². The molecule has 1 amide bonds. The average Bonchev–Trinajstić information content (AvgIpc) is 3.29. The van der Waals surface area contributed by atoms with E-state index >= 15 is 0 Å². The van der Waals surface area contributed by atoms with Crippen LogP contribution in [-0.2, 0) is 11.3 Å². The molecule has 1 N–H and O–H groups in total. The van der Waals surface area contributed by atoms with Gasteiger partial charge in [0.1, 0.15) is 11.5 Å². The molecule has 0 fully saturated rings. The lowest BCUT2D eigenvalue weighted by molar-refractivity contribution is -0.115. The van der Waals surface area contributed by atoms with Gasteiger partial charge in [-0.15, -0.1) is 21.5 Å². The molecule has 3 aromatic rings. The van der Waals surface area contributed by atoms with E-state index in [4.69, 9.17) is 9.47 Å². The predicted molar refractivity (Wildman–Crippen MR) is 123 cm³/mol. The van der Waals surface area contributed by atoms with Crippen LogP contribution in [0.1, 0.15) is 43.3 Å². The highest BCUT2D eigenvalue weighted by atomic mass is 32.2. The highest BCUT2D eigenvalue weighted by molar-refractivity contribution is 8.00. The van der Waals surface area contributed by atoms with Gasteiger partial charge in [-0.25, -0.2) is 4.98 Å². The summed E-state index contributed by atoms with van der Waals surface area (Å²) in [6, 6.07) is 7.43. The van der Waals surface area contributed by atoms with Crippen LogP contribution in [0.15, 0.2) is 29.4 Å². The molecule has 31 heavy (non-hydrogen) atoms. The lowest BCUT2D eigenvalue weighted by Gasteiger charge is -2.16. The fraction of sp³-hybridized carbons (Fsp3) is 0.429. The maximum absolute atomic E-state index is 12.6. The summed E-state index contributed by atoms with van der Waals surface area (Å²) < 4.78 is 13.3. The molecule has 8 nitrogen and oxygen atoms in total.